The largest absolute Gasteiger partial charge is 1.00 e. The lowest BCUT2D eigenvalue weighted by atomic mass is 9.96. The third kappa shape index (κ3) is 4.39. The molecule has 28 heavy (non-hydrogen) atoms. The van der Waals surface area contributed by atoms with Gasteiger partial charge in [0.2, 0.25) is 0 Å². The number of piperidine rings is 1. The summed E-state index contributed by atoms with van der Waals surface area (Å²) >= 11 is 0. The molecule has 2 aromatic carbocycles. The molecule has 1 atom stereocenters. The SMILES string of the molecule is Cc1ccccc1N(CCC1CCCC[N+]1(C)C)C1Cc2ccccc2C1.[Cl-]. The van der Waals surface area contributed by atoms with Crippen LogP contribution in [0.1, 0.15) is 42.4 Å². The van der Waals surface area contributed by atoms with Gasteiger partial charge < -0.3 is 21.8 Å². The molecule has 0 spiro atoms. The summed E-state index contributed by atoms with van der Waals surface area (Å²) in [6.07, 6.45) is 7.86. The molecule has 0 N–H and O–H groups in total. The van der Waals surface area contributed by atoms with Gasteiger partial charge in [-0.25, -0.2) is 0 Å². The van der Waals surface area contributed by atoms with E-state index in [0.717, 1.165) is 6.04 Å². The van der Waals surface area contributed by atoms with E-state index in [2.05, 4.69) is 74.4 Å². The molecule has 0 saturated carbocycles. The molecule has 0 amide bonds. The number of hydrogen-bond donors (Lipinski definition) is 0. The Kier molecular flexibility index (Phi) is 6.73. The molecule has 1 aliphatic heterocycles. The fourth-order valence-electron chi connectivity index (χ4n) is 5.35. The first-order valence-corrected chi connectivity index (χ1v) is 10.8. The normalized spacial score (nSPS) is 21.0. The van der Waals surface area contributed by atoms with Crippen molar-refractivity contribution >= 4 is 5.69 Å². The highest BCUT2D eigenvalue weighted by atomic mass is 35.5. The van der Waals surface area contributed by atoms with Gasteiger partial charge in [0.1, 0.15) is 0 Å². The Bertz CT molecular complexity index is 761. The van der Waals surface area contributed by atoms with Crippen LogP contribution < -0.4 is 17.3 Å². The zero-order chi connectivity index (χ0) is 18.9. The van der Waals surface area contributed by atoms with E-state index >= 15 is 0 Å². The lowest BCUT2D eigenvalue weighted by Gasteiger charge is -2.43. The number of hydrogen-bond acceptors (Lipinski definition) is 1. The predicted octanol–water partition coefficient (Wildman–Crippen LogP) is 1.99. The predicted molar refractivity (Wildman–Crippen MR) is 115 cm³/mol. The zero-order valence-corrected chi connectivity index (χ0v) is 18.5. The zero-order valence-electron chi connectivity index (χ0n) is 17.7. The molecule has 2 nitrogen and oxygen atoms in total. The van der Waals surface area contributed by atoms with Gasteiger partial charge in [0.05, 0.1) is 26.7 Å². The van der Waals surface area contributed by atoms with Crippen LogP contribution in [0.2, 0.25) is 0 Å². The highest BCUT2D eigenvalue weighted by Crippen LogP contribution is 2.32. The fourth-order valence-corrected chi connectivity index (χ4v) is 5.35. The Hall–Kier alpha value is -1.51. The van der Waals surface area contributed by atoms with Gasteiger partial charge in [-0.1, -0.05) is 42.5 Å². The molecule has 1 fully saturated rings. The van der Waals surface area contributed by atoms with E-state index in [9.17, 15) is 0 Å². The minimum absolute atomic E-state index is 0. The van der Waals surface area contributed by atoms with Gasteiger partial charge in [-0.05, 0) is 61.8 Å². The molecule has 2 aliphatic rings. The maximum Gasteiger partial charge on any atom is 0.0903 e. The van der Waals surface area contributed by atoms with Crippen LogP contribution in [0.3, 0.4) is 0 Å². The van der Waals surface area contributed by atoms with Crippen molar-refractivity contribution < 1.29 is 16.9 Å². The van der Waals surface area contributed by atoms with Crippen LogP contribution in [-0.2, 0) is 12.8 Å². The van der Waals surface area contributed by atoms with Gasteiger partial charge in [0.15, 0.2) is 0 Å². The molecular weight excluding hydrogens is 364 g/mol. The van der Waals surface area contributed by atoms with Crippen molar-refractivity contribution in [2.45, 2.75) is 57.5 Å². The van der Waals surface area contributed by atoms with Crippen molar-refractivity contribution in [2.75, 3.05) is 32.1 Å². The number of likely N-dealkylation sites (tertiary alicyclic amines) is 1. The van der Waals surface area contributed by atoms with Gasteiger partial charge in [0.25, 0.3) is 0 Å². The molecule has 1 unspecified atom stereocenters. The van der Waals surface area contributed by atoms with Gasteiger partial charge >= 0.3 is 0 Å². The quantitative estimate of drug-likeness (QED) is 0.696. The van der Waals surface area contributed by atoms with E-state index in [4.69, 9.17) is 0 Å². The molecule has 3 heteroatoms. The van der Waals surface area contributed by atoms with E-state index in [-0.39, 0.29) is 12.4 Å². The Morgan fingerprint density at radius 2 is 1.57 bits per heavy atom. The topological polar surface area (TPSA) is 3.24 Å². The average molecular weight is 399 g/mol. The second-order valence-electron chi connectivity index (χ2n) is 9.25. The van der Waals surface area contributed by atoms with Crippen LogP contribution in [0, 0.1) is 6.92 Å². The van der Waals surface area contributed by atoms with Crippen molar-refractivity contribution in [1.82, 2.24) is 0 Å². The van der Waals surface area contributed by atoms with Gasteiger partial charge in [-0.15, -0.1) is 0 Å². The highest BCUT2D eigenvalue weighted by Gasteiger charge is 2.33. The van der Waals surface area contributed by atoms with Gasteiger partial charge in [0, 0.05) is 24.7 Å². The second-order valence-corrected chi connectivity index (χ2v) is 9.25. The fraction of sp³-hybridized carbons (Fsp3) is 0.520. The molecule has 1 saturated heterocycles. The summed E-state index contributed by atoms with van der Waals surface area (Å²) in [7, 11) is 4.88. The van der Waals surface area contributed by atoms with Crippen molar-refractivity contribution in [1.29, 1.82) is 0 Å². The molecule has 1 aliphatic carbocycles. The molecule has 0 bridgehead atoms. The number of halogens is 1. The molecule has 0 radical (unpaired) electrons. The Morgan fingerprint density at radius 1 is 0.929 bits per heavy atom. The number of benzene rings is 2. The number of fused-ring (bicyclic) bond motifs is 1. The molecular formula is C25H35ClN2. The summed E-state index contributed by atoms with van der Waals surface area (Å²) in [5.41, 5.74) is 5.95. The number of anilines is 1. The summed E-state index contributed by atoms with van der Waals surface area (Å²) in [5.74, 6) is 0. The first-order chi connectivity index (χ1) is 13.0. The smallest absolute Gasteiger partial charge is 0.0903 e. The number of rotatable bonds is 5. The third-order valence-corrected chi connectivity index (χ3v) is 7.11. The van der Waals surface area contributed by atoms with E-state index < -0.39 is 0 Å². The van der Waals surface area contributed by atoms with Crippen molar-refractivity contribution in [3.8, 4) is 0 Å². The van der Waals surface area contributed by atoms with E-state index in [0.29, 0.717) is 6.04 Å². The van der Waals surface area contributed by atoms with Crippen LogP contribution in [0.5, 0.6) is 0 Å². The summed E-state index contributed by atoms with van der Waals surface area (Å²) < 4.78 is 1.20. The van der Waals surface area contributed by atoms with E-state index in [1.165, 1.54) is 67.3 Å². The van der Waals surface area contributed by atoms with Crippen LogP contribution in [-0.4, -0.2) is 43.8 Å². The number of aryl methyl sites for hydroxylation is 1. The first-order valence-electron chi connectivity index (χ1n) is 10.8. The van der Waals surface area contributed by atoms with Crippen molar-refractivity contribution in [3.63, 3.8) is 0 Å². The standard InChI is InChI=1S/C25H35N2.ClH/c1-20-10-4-7-14-25(20)26(16-15-24-13-8-9-17-27(24,2)3)23-18-21-11-5-6-12-22(21)19-23;/h4-7,10-12,14,23-24H,8-9,13,15-19H2,1-3H3;1H/q+1;/p-1. The molecule has 152 valence electrons. The van der Waals surface area contributed by atoms with Crippen LogP contribution in [0.15, 0.2) is 48.5 Å². The third-order valence-electron chi connectivity index (χ3n) is 7.11. The maximum atomic E-state index is 2.74. The Morgan fingerprint density at radius 3 is 2.21 bits per heavy atom. The second kappa shape index (κ2) is 8.88. The van der Waals surface area contributed by atoms with Crippen molar-refractivity contribution in [2.24, 2.45) is 0 Å². The summed E-state index contributed by atoms with van der Waals surface area (Å²) in [6, 6.07) is 19.4. The summed E-state index contributed by atoms with van der Waals surface area (Å²) in [4.78, 5) is 2.74. The highest BCUT2D eigenvalue weighted by molar-refractivity contribution is 5.55. The van der Waals surface area contributed by atoms with Gasteiger partial charge in [-0.3, -0.25) is 0 Å². The Labute approximate surface area is 177 Å². The minimum Gasteiger partial charge on any atom is -1.00 e. The molecule has 0 aromatic heterocycles. The number of para-hydroxylation sites is 1. The lowest BCUT2D eigenvalue weighted by Crippen LogP contribution is -3.00. The van der Waals surface area contributed by atoms with Crippen LogP contribution in [0.4, 0.5) is 5.69 Å². The van der Waals surface area contributed by atoms with Gasteiger partial charge in [-0.2, -0.15) is 0 Å². The summed E-state index contributed by atoms with van der Waals surface area (Å²) in [5, 5.41) is 0. The first kappa shape index (κ1) is 21.2. The number of nitrogens with zero attached hydrogens (tertiary/aromatic N) is 2. The maximum absolute atomic E-state index is 2.74. The Balaban J connectivity index is 0.00000225. The minimum atomic E-state index is 0. The van der Waals surface area contributed by atoms with E-state index in [1.807, 2.05) is 0 Å². The average Bonchev–Trinajstić information content (AvgIpc) is 3.08. The van der Waals surface area contributed by atoms with Crippen LogP contribution >= 0.6 is 0 Å². The lowest BCUT2D eigenvalue weighted by molar-refractivity contribution is -0.920. The summed E-state index contributed by atoms with van der Waals surface area (Å²) in [6.45, 7) is 4.78. The van der Waals surface area contributed by atoms with Crippen molar-refractivity contribution in [3.05, 3.63) is 65.2 Å². The van der Waals surface area contributed by atoms with Crippen LogP contribution in [0.25, 0.3) is 0 Å². The number of quaternary nitrogens is 1. The molecule has 1 heterocycles. The molecule has 4 rings (SSSR count). The monoisotopic (exact) mass is 398 g/mol. The molecule has 2 aromatic rings. The van der Waals surface area contributed by atoms with E-state index in [1.54, 1.807) is 11.1 Å².